The van der Waals surface area contributed by atoms with Gasteiger partial charge in [0, 0.05) is 28.7 Å². The van der Waals surface area contributed by atoms with Crippen LogP contribution in [-0.4, -0.2) is 35.3 Å². The fourth-order valence-electron chi connectivity index (χ4n) is 2.79. The molecule has 0 spiro atoms. The summed E-state index contributed by atoms with van der Waals surface area (Å²) < 4.78 is 12.5. The molecule has 1 aromatic carbocycles. The summed E-state index contributed by atoms with van der Waals surface area (Å²) in [6.45, 7) is 14.0. The maximum Gasteiger partial charge on any atom is 0.407 e. The van der Waals surface area contributed by atoms with Crippen LogP contribution in [0.25, 0.3) is 0 Å². The zero-order valence-electron chi connectivity index (χ0n) is 19.9. The van der Waals surface area contributed by atoms with Gasteiger partial charge in [-0.2, -0.15) is 4.99 Å². The van der Waals surface area contributed by atoms with Crippen LogP contribution in [-0.2, 0) is 16.7 Å². The minimum Gasteiger partial charge on any atom is -0.496 e. The Labute approximate surface area is 198 Å². The molecule has 0 aliphatic rings. The first-order valence-electron chi connectivity index (χ1n) is 10.3. The Morgan fingerprint density at radius 3 is 2.44 bits per heavy atom. The zero-order valence-corrected chi connectivity index (χ0v) is 21.5. The molecule has 1 heterocycles. The number of benzene rings is 1. The first kappa shape index (κ1) is 25.9. The standard InChI is InChI=1S/C23H32ClN3O4S/c1-14(25-21(29)31-23(5,6)7)12-27-13-18(22(2,3)4)32-20(27)26-19(28)16-11-15(24)9-10-17(16)30-8/h9-11,13-14H,12H2,1-8H3,(H,25,29). The number of halogens is 1. The van der Waals surface area contributed by atoms with E-state index >= 15 is 0 Å². The lowest BCUT2D eigenvalue weighted by Crippen LogP contribution is -2.40. The summed E-state index contributed by atoms with van der Waals surface area (Å²) in [5, 5.41) is 3.25. The van der Waals surface area contributed by atoms with E-state index in [-0.39, 0.29) is 17.0 Å². The van der Waals surface area contributed by atoms with Crippen molar-refractivity contribution in [3.05, 3.63) is 44.7 Å². The van der Waals surface area contributed by atoms with Gasteiger partial charge in [0.2, 0.25) is 0 Å². The molecule has 1 aromatic heterocycles. The number of thiazole rings is 1. The molecular weight excluding hydrogens is 450 g/mol. The molecule has 0 radical (unpaired) electrons. The van der Waals surface area contributed by atoms with Crippen molar-refractivity contribution >= 4 is 34.9 Å². The van der Waals surface area contributed by atoms with Gasteiger partial charge in [-0.3, -0.25) is 4.79 Å². The highest BCUT2D eigenvalue weighted by Crippen LogP contribution is 2.26. The largest absolute Gasteiger partial charge is 0.496 e. The lowest BCUT2D eigenvalue weighted by atomic mass is 9.95. The number of hydrogen-bond donors (Lipinski definition) is 1. The number of alkyl carbamates (subject to hydrolysis) is 1. The molecule has 2 rings (SSSR count). The highest BCUT2D eigenvalue weighted by atomic mass is 35.5. The molecule has 1 atom stereocenters. The third-order valence-electron chi connectivity index (χ3n) is 4.28. The number of amides is 2. The molecule has 0 bridgehead atoms. The van der Waals surface area contributed by atoms with Crippen molar-refractivity contribution in [3.63, 3.8) is 0 Å². The summed E-state index contributed by atoms with van der Waals surface area (Å²) in [6, 6.07) is 4.59. The van der Waals surface area contributed by atoms with Crippen LogP contribution in [0.15, 0.2) is 29.4 Å². The molecule has 7 nitrogen and oxygen atoms in total. The molecule has 2 aromatic rings. The van der Waals surface area contributed by atoms with E-state index in [0.29, 0.717) is 22.1 Å². The van der Waals surface area contributed by atoms with Gasteiger partial charge in [0.15, 0.2) is 4.80 Å². The van der Waals surface area contributed by atoms with Crippen LogP contribution < -0.4 is 14.9 Å². The maximum absolute atomic E-state index is 13.0. The third-order valence-corrected chi connectivity index (χ3v) is 5.96. The topological polar surface area (TPSA) is 81.9 Å². The Hall–Kier alpha value is -2.32. The predicted octanol–water partition coefficient (Wildman–Crippen LogP) is 5.16. The van der Waals surface area contributed by atoms with Crippen molar-refractivity contribution in [1.29, 1.82) is 0 Å². The first-order chi connectivity index (χ1) is 14.7. The average molecular weight is 482 g/mol. The smallest absolute Gasteiger partial charge is 0.407 e. The van der Waals surface area contributed by atoms with Gasteiger partial charge in [0.25, 0.3) is 5.91 Å². The van der Waals surface area contributed by atoms with Crippen LogP contribution in [0.3, 0.4) is 0 Å². The van der Waals surface area contributed by atoms with E-state index in [0.717, 1.165) is 4.88 Å². The molecule has 0 aliphatic carbocycles. The molecule has 0 aliphatic heterocycles. The lowest BCUT2D eigenvalue weighted by Gasteiger charge is -2.22. The van der Waals surface area contributed by atoms with E-state index in [9.17, 15) is 9.59 Å². The minimum absolute atomic E-state index is 0.126. The summed E-state index contributed by atoms with van der Waals surface area (Å²) >= 11 is 7.51. The van der Waals surface area contributed by atoms with Crippen LogP contribution in [0.4, 0.5) is 4.79 Å². The number of aromatic nitrogens is 1. The van der Waals surface area contributed by atoms with Crippen molar-refractivity contribution in [2.75, 3.05) is 7.11 Å². The predicted molar refractivity (Wildman–Crippen MR) is 128 cm³/mol. The third kappa shape index (κ3) is 7.38. The van der Waals surface area contributed by atoms with Crippen LogP contribution in [0, 0.1) is 0 Å². The molecule has 0 saturated carbocycles. The van der Waals surface area contributed by atoms with Gasteiger partial charge in [-0.15, -0.1) is 11.3 Å². The molecule has 32 heavy (non-hydrogen) atoms. The minimum atomic E-state index is -0.582. The fraction of sp³-hybridized carbons (Fsp3) is 0.522. The van der Waals surface area contributed by atoms with Gasteiger partial charge in [0.1, 0.15) is 11.4 Å². The van der Waals surface area contributed by atoms with Gasteiger partial charge in [-0.05, 0) is 51.3 Å². The molecule has 0 fully saturated rings. The van der Waals surface area contributed by atoms with Crippen molar-refractivity contribution in [2.45, 2.75) is 72.1 Å². The average Bonchev–Trinajstić information content (AvgIpc) is 3.02. The van der Waals surface area contributed by atoms with Gasteiger partial charge in [0.05, 0.1) is 12.7 Å². The number of methoxy groups -OCH3 is 1. The van der Waals surface area contributed by atoms with Gasteiger partial charge in [-0.1, -0.05) is 32.4 Å². The van der Waals surface area contributed by atoms with Crippen molar-refractivity contribution in [2.24, 2.45) is 4.99 Å². The van der Waals surface area contributed by atoms with E-state index in [4.69, 9.17) is 21.1 Å². The molecule has 2 amide bonds. The number of carbonyl (C=O) groups excluding carboxylic acids is 2. The van der Waals surface area contributed by atoms with Crippen molar-refractivity contribution in [1.82, 2.24) is 9.88 Å². The zero-order chi connectivity index (χ0) is 24.3. The second kappa shape index (κ2) is 10.1. The number of hydrogen-bond acceptors (Lipinski definition) is 5. The summed E-state index contributed by atoms with van der Waals surface area (Å²) in [5.74, 6) is -0.0459. The number of nitrogens with zero attached hydrogens (tertiary/aromatic N) is 2. The monoisotopic (exact) mass is 481 g/mol. The van der Waals surface area contributed by atoms with E-state index in [1.165, 1.54) is 18.4 Å². The SMILES string of the molecule is COc1ccc(Cl)cc1C(=O)N=c1sc(C(C)(C)C)cn1CC(C)NC(=O)OC(C)(C)C. The lowest BCUT2D eigenvalue weighted by molar-refractivity contribution is 0.0503. The van der Waals surface area contributed by atoms with Crippen LogP contribution >= 0.6 is 22.9 Å². The molecule has 1 unspecified atom stereocenters. The maximum atomic E-state index is 13.0. The highest BCUT2D eigenvalue weighted by molar-refractivity contribution is 7.09. The number of carbonyl (C=O) groups is 2. The summed E-state index contributed by atoms with van der Waals surface area (Å²) in [5.41, 5.74) is -0.419. The first-order valence-corrected chi connectivity index (χ1v) is 11.5. The van der Waals surface area contributed by atoms with E-state index in [2.05, 4.69) is 31.1 Å². The van der Waals surface area contributed by atoms with Crippen molar-refractivity contribution < 1.29 is 19.1 Å². The molecular formula is C23H32ClN3O4S. The van der Waals surface area contributed by atoms with Crippen LogP contribution in [0.2, 0.25) is 5.02 Å². The number of ether oxygens (including phenoxy) is 2. The second-order valence-electron chi connectivity index (χ2n) is 9.59. The normalized spacial score (nSPS) is 13.6. The van der Waals surface area contributed by atoms with Crippen LogP contribution in [0.1, 0.15) is 63.7 Å². The summed E-state index contributed by atoms with van der Waals surface area (Å²) in [7, 11) is 1.49. The van der Waals surface area contributed by atoms with E-state index < -0.39 is 17.6 Å². The quantitative estimate of drug-likeness (QED) is 0.639. The van der Waals surface area contributed by atoms with E-state index in [1.807, 2.05) is 38.5 Å². The van der Waals surface area contributed by atoms with Gasteiger partial charge in [-0.25, -0.2) is 4.79 Å². The van der Waals surface area contributed by atoms with Gasteiger partial charge < -0.3 is 19.4 Å². The Bertz CT molecular complexity index is 1040. The molecule has 1 N–H and O–H groups in total. The highest BCUT2D eigenvalue weighted by Gasteiger charge is 2.21. The second-order valence-corrected chi connectivity index (χ2v) is 11.0. The molecule has 9 heteroatoms. The van der Waals surface area contributed by atoms with Crippen molar-refractivity contribution in [3.8, 4) is 5.75 Å². The Morgan fingerprint density at radius 2 is 1.88 bits per heavy atom. The Balaban J connectivity index is 2.39. The van der Waals surface area contributed by atoms with Crippen LogP contribution in [0.5, 0.6) is 5.75 Å². The molecule has 0 saturated heterocycles. The summed E-state index contributed by atoms with van der Waals surface area (Å²) in [6.07, 6.45) is 1.48. The summed E-state index contributed by atoms with van der Waals surface area (Å²) in [4.78, 5) is 31.1. The Morgan fingerprint density at radius 1 is 1.22 bits per heavy atom. The Kier molecular flexibility index (Phi) is 8.17. The number of rotatable bonds is 5. The van der Waals surface area contributed by atoms with E-state index in [1.54, 1.807) is 18.2 Å². The van der Waals surface area contributed by atoms with Gasteiger partial charge >= 0.3 is 6.09 Å². The number of nitrogens with one attached hydrogen (secondary N) is 1. The molecule has 176 valence electrons. The fourth-order valence-corrected chi connectivity index (χ4v) is 4.02.